The lowest BCUT2D eigenvalue weighted by molar-refractivity contribution is -0.137. The highest BCUT2D eigenvalue weighted by Crippen LogP contribution is 2.17. The lowest BCUT2D eigenvalue weighted by Crippen LogP contribution is -2.47. The molecule has 0 spiro atoms. The van der Waals surface area contributed by atoms with Crippen LogP contribution in [0.15, 0.2) is 194 Å². The van der Waals surface area contributed by atoms with Crippen molar-refractivity contribution in [3.8, 4) is 11.5 Å². The first-order valence-corrected chi connectivity index (χ1v) is 31.3. The zero-order chi connectivity index (χ0) is 68.3. The quantitative estimate of drug-likeness (QED) is 0.0124. The van der Waals surface area contributed by atoms with Gasteiger partial charge in [0.25, 0.3) is 11.8 Å². The van der Waals surface area contributed by atoms with E-state index in [1.807, 2.05) is 12.1 Å². The maximum atomic E-state index is 14.5. The SMILES string of the molecule is O=C(CN(CC(=O)NCCc1ccc(F)cc1)C(=O)c1cccc(C(=O)N(CC(=O)NCCCC[C@H](NC(=O)OCc2ccccc2)C(=O)Oc2ccccc2)CC(=O)NCCc2ccc(F)cc2)c1)NCCCC[C@H](NC(=O)OCc1ccccc1)C(=O)Oc1ccccc1. The number of ether oxygens (including phenoxy) is 4. The number of nitrogens with zero attached hydrogens (tertiary/aromatic N) is 2. The topological polar surface area (TPSA) is 286 Å². The molecule has 0 aliphatic rings. The second-order valence-corrected chi connectivity index (χ2v) is 22.0. The molecule has 7 rings (SSSR count). The van der Waals surface area contributed by atoms with Crippen LogP contribution in [0.4, 0.5) is 18.4 Å². The average molecular weight is 1320 g/mol. The van der Waals surface area contributed by atoms with Gasteiger partial charge in [-0.1, -0.05) is 127 Å². The minimum atomic E-state index is -1.14. The molecule has 0 aromatic heterocycles. The molecule has 502 valence electrons. The minimum absolute atomic E-state index is 0.0360. The average Bonchev–Trinajstić information content (AvgIpc) is 0.910. The summed E-state index contributed by atoms with van der Waals surface area (Å²) < 4.78 is 49.0. The summed E-state index contributed by atoms with van der Waals surface area (Å²) in [5.41, 5.74) is 2.61. The normalized spacial score (nSPS) is 11.3. The highest BCUT2D eigenvalue weighted by molar-refractivity contribution is 6.03. The Morgan fingerprint density at radius 2 is 0.698 bits per heavy atom. The Morgan fingerprint density at radius 1 is 0.365 bits per heavy atom. The van der Waals surface area contributed by atoms with E-state index in [1.54, 1.807) is 133 Å². The van der Waals surface area contributed by atoms with Crippen LogP contribution in [0.2, 0.25) is 0 Å². The Morgan fingerprint density at radius 3 is 1.05 bits per heavy atom. The van der Waals surface area contributed by atoms with Crippen LogP contribution in [0.25, 0.3) is 0 Å². The van der Waals surface area contributed by atoms with Crippen LogP contribution in [0.1, 0.15) is 81.5 Å². The fourth-order valence-electron chi connectivity index (χ4n) is 9.53. The lowest BCUT2D eigenvalue weighted by Gasteiger charge is -2.24. The van der Waals surface area contributed by atoms with Gasteiger partial charge in [-0.2, -0.15) is 0 Å². The Balaban J connectivity index is 0.993. The van der Waals surface area contributed by atoms with E-state index in [1.165, 1.54) is 48.5 Å². The molecule has 0 aliphatic heterocycles. The number of amides is 8. The molecule has 96 heavy (non-hydrogen) atoms. The van der Waals surface area contributed by atoms with Crippen molar-refractivity contribution in [1.29, 1.82) is 0 Å². The van der Waals surface area contributed by atoms with E-state index in [4.69, 9.17) is 18.9 Å². The Hall–Kier alpha value is -11.3. The summed E-state index contributed by atoms with van der Waals surface area (Å²) in [5, 5.41) is 16.0. The molecule has 0 aliphatic carbocycles. The van der Waals surface area contributed by atoms with E-state index in [-0.39, 0.29) is 101 Å². The van der Waals surface area contributed by atoms with Crippen LogP contribution < -0.4 is 41.4 Å². The molecule has 0 heterocycles. The van der Waals surface area contributed by atoms with E-state index in [2.05, 4.69) is 31.9 Å². The van der Waals surface area contributed by atoms with Gasteiger partial charge in [-0.05, 0) is 140 Å². The van der Waals surface area contributed by atoms with Crippen molar-refractivity contribution in [3.05, 3.63) is 239 Å². The number of unbranched alkanes of at least 4 members (excludes halogenated alkanes) is 2. The second kappa shape index (κ2) is 39.3. The molecule has 0 fully saturated rings. The van der Waals surface area contributed by atoms with Crippen LogP contribution in [0.3, 0.4) is 0 Å². The van der Waals surface area contributed by atoms with Gasteiger partial charge in [-0.3, -0.25) is 28.8 Å². The van der Waals surface area contributed by atoms with Gasteiger partial charge in [0.2, 0.25) is 23.6 Å². The molecule has 6 N–H and O–H groups in total. The molecule has 8 amide bonds. The minimum Gasteiger partial charge on any atom is -0.445 e. The van der Waals surface area contributed by atoms with Crippen LogP contribution in [0, 0.1) is 11.6 Å². The number of rotatable bonds is 36. The molecule has 0 bridgehead atoms. The molecule has 2 atom stereocenters. The van der Waals surface area contributed by atoms with Crippen molar-refractivity contribution in [2.24, 2.45) is 0 Å². The highest BCUT2D eigenvalue weighted by Gasteiger charge is 2.28. The number of hydrogen-bond donors (Lipinski definition) is 6. The summed E-state index contributed by atoms with van der Waals surface area (Å²) in [7, 11) is 0. The molecule has 7 aromatic rings. The summed E-state index contributed by atoms with van der Waals surface area (Å²) in [5.74, 6) is -6.23. The summed E-state index contributed by atoms with van der Waals surface area (Å²) >= 11 is 0. The number of hydrogen-bond acceptors (Lipinski definition) is 14. The molecule has 0 saturated heterocycles. The molecule has 24 heteroatoms. The largest absolute Gasteiger partial charge is 0.445 e. The Bertz CT molecular complexity index is 3440. The Labute approximate surface area is 554 Å². The van der Waals surface area contributed by atoms with Crippen molar-refractivity contribution in [2.45, 2.75) is 76.7 Å². The van der Waals surface area contributed by atoms with Crippen LogP contribution >= 0.6 is 0 Å². The van der Waals surface area contributed by atoms with Gasteiger partial charge in [-0.25, -0.2) is 28.0 Å². The fraction of sp³-hybridized carbons (Fsp3) is 0.278. The molecular formula is C72H76F2N8O14. The van der Waals surface area contributed by atoms with Gasteiger partial charge in [0, 0.05) is 37.3 Å². The number of esters is 2. The summed E-state index contributed by atoms with van der Waals surface area (Å²) in [4.78, 5) is 138. The number of nitrogens with one attached hydrogen (secondary N) is 6. The zero-order valence-electron chi connectivity index (χ0n) is 52.7. The van der Waals surface area contributed by atoms with Crippen molar-refractivity contribution >= 4 is 59.6 Å². The second-order valence-electron chi connectivity index (χ2n) is 22.0. The highest BCUT2D eigenvalue weighted by atomic mass is 19.1. The van der Waals surface area contributed by atoms with E-state index < -0.39 is 109 Å². The van der Waals surface area contributed by atoms with E-state index >= 15 is 0 Å². The number of para-hydroxylation sites is 2. The maximum Gasteiger partial charge on any atom is 0.408 e. The number of carbonyl (C=O) groups excluding carboxylic acids is 10. The van der Waals surface area contributed by atoms with Crippen molar-refractivity contribution in [1.82, 2.24) is 41.7 Å². The van der Waals surface area contributed by atoms with Gasteiger partial charge in [-0.15, -0.1) is 0 Å². The van der Waals surface area contributed by atoms with Crippen molar-refractivity contribution in [3.63, 3.8) is 0 Å². The standard InChI is InChI=1S/C72H76F2N8O14/c73-57-34-30-51(31-35-57)38-42-77-65(85)47-81(45-63(83)75-40-15-13-28-61(69(89)95-59-24-9-3-10-25-59)79-71(91)93-49-53-18-5-1-6-19-53)67(87)55-22-17-23-56(44-55)68(88)82(48-66(86)78-43-39-52-32-36-58(74)37-33-52)46-64(84)76-41-16-14-29-62(70(90)96-60-26-11-4-12-27-60)80-72(92)94-50-54-20-7-2-8-21-54/h1-12,17-27,30-37,44,61-62H,13-16,28-29,38-43,45-50H2,(H,75,83)(H,76,84)(H,77,85)(H,78,86)(H,79,91)(H,80,92)/t61-,62-/m0/s1. The van der Waals surface area contributed by atoms with Crippen molar-refractivity contribution < 1.29 is 75.7 Å². The molecule has 0 unspecified atom stereocenters. The van der Waals surface area contributed by atoms with Gasteiger partial charge in [0.05, 0.1) is 0 Å². The van der Waals surface area contributed by atoms with Crippen LogP contribution in [-0.4, -0.2) is 134 Å². The predicted octanol–water partition coefficient (Wildman–Crippen LogP) is 7.94. The molecular weight excluding hydrogens is 1240 g/mol. The molecule has 0 radical (unpaired) electrons. The van der Waals surface area contributed by atoms with Gasteiger partial charge < -0.3 is 60.6 Å². The first-order valence-electron chi connectivity index (χ1n) is 31.3. The van der Waals surface area contributed by atoms with E-state index in [9.17, 15) is 56.7 Å². The zero-order valence-corrected chi connectivity index (χ0v) is 52.7. The number of carbonyl (C=O) groups is 10. The lowest BCUT2D eigenvalue weighted by atomic mass is 10.1. The van der Waals surface area contributed by atoms with Gasteiger partial charge in [0.15, 0.2) is 0 Å². The third kappa shape index (κ3) is 26.4. The first-order chi connectivity index (χ1) is 46.5. The third-order valence-electron chi connectivity index (χ3n) is 14.6. The summed E-state index contributed by atoms with van der Waals surface area (Å²) in [6, 6.07) is 48.8. The third-order valence-corrected chi connectivity index (χ3v) is 14.6. The molecule has 0 saturated carbocycles. The van der Waals surface area contributed by atoms with E-state index in [0.29, 0.717) is 12.8 Å². The van der Waals surface area contributed by atoms with Gasteiger partial charge >= 0.3 is 24.1 Å². The molecule has 22 nitrogen and oxygen atoms in total. The van der Waals surface area contributed by atoms with E-state index in [0.717, 1.165) is 32.1 Å². The molecule has 7 aromatic carbocycles. The Kier molecular flexibility index (Phi) is 29.5. The fourth-order valence-corrected chi connectivity index (χ4v) is 9.53. The van der Waals surface area contributed by atoms with Crippen molar-refractivity contribution in [2.75, 3.05) is 52.4 Å². The van der Waals surface area contributed by atoms with Crippen LogP contribution in [0.5, 0.6) is 11.5 Å². The predicted molar refractivity (Wildman–Crippen MR) is 349 cm³/mol. The smallest absolute Gasteiger partial charge is 0.408 e. The van der Waals surface area contributed by atoms with Crippen LogP contribution in [-0.2, 0) is 64.3 Å². The number of benzene rings is 7. The number of alkyl carbamates (subject to hydrolysis) is 2. The van der Waals surface area contributed by atoms with Gasteiger partial charge in [0.1, 0.15) is 74.6 Å². The summed E-state index contributed by atoms with van der Waals surface area (Å²) in [6.45, 7) is -2.42. The monoisotopic (exact) mass is 1310 g/mol. The summed E-state index contributed by atoms with van der Waals surface area (Å²) in [6.07, 6.45) is 0.210. The maximum absolute atomic E-state index is 14.5. The first kappa shape index (κ1) is 72.1. The number of halogens is 2.